The van der Waals surface area contributed by atoms with E-state index in [2.05, 4.69) is 15.4 Å². The predicted octanol–water partition coefficient (Wildman–Crippen LogP) is 5.06. The number of amides is 2. The first kappa shape index (κ1) is 24.9. The van der Waals surface area contributed by atoms with Gasteiger partial charge in [0.25, 0.3) is 11.8 Å². The molecule has 4 aromatic rings. The highest BCUT2D eigenvalue weighted by Gasteiger charge is 2.36. The van der Waals surface area contributed by atoms with Crippen molar-refractivity contribution in [2.45, 2.75) is 32.0 Å². The van der Waals surface area contributed by atoms with Crippen molar-refractivity contribution in [3.8, 4) is 10.4 Å². The summed E-state index contributed by atoms with van der Waals surface area (Å²) in [5.74, 6) is -0.689. The highest BCUT2D eigenvalue weighted by Crippen LogP contribution is 2.37. The molecule has 0 spiro atoms. The summed E-state index contributed by atoms with van der Waals surface area (Å²) >= 11 is 1.19. The third-order valence-electron chi connectivity index (χ3n) is 6.25. The van der Waals surface area contributed by atoms with E-state index in [1.807, 2.05) is 24.3 Å². The Morgan fingerprint density at radius 2 is 1.89 bits per heavy atom. The highest BCUT2D eigenvalue weighted by molar-refractivity contribution is 7.15. The van der Waals surface area contributed by atoms with Crippen LogP contribution in [0.4, 0.5) is 13.2 Å². The normalized spacial score (nSPS) is 13.6. The van der Waals surface area contributed by atoms with E-state index in [1.54, 1.807) is 29.6 Å². The lowest BCUT2D eigenvalue weighted by Gasteiger charge is -2.22. The fourth-order valence-corrected chi connectivity index (χ4v) is 5.24. The standard InChI is InChI=1S/C26H24F3N5O2S/c1-15-31-22(23(37-15)16-6-5-7-17(14-16)26(27,28)29)25(36)34(18-10-11-18)13-12-30-24(35)21-19-8-3-4-9-20(19)33(2)32-21/h3-9,14,18H,10-13H2,1-2H3,(H,30,35). The average Bonchev–Trinajstić information content (AvgIpc) is 3.55. The van der Waals surface area contributed by atoms with Crippen LogP contribution in [-0.2, 0) is 13.2 Å². The monoisotopic (exact) mass is 527 g/mol. The van der Waals surface area contributed by atoms with Gasteiger partial charge in [0.2, 0.25) is 0 Å². The molecule has 7 nitrogen and oxygen atoms in total. The lowest BCUT2D eigenvalue weighted by molar-refractivity contribution is -0.137. The minimum atomic E-state index is -4.49. The summed E-state index contributed by atoms with van der Waals surface area (Å²) < 4.78 is 41.5. The summed E-state index contributed by atoms with van der Waals surface area (Å²) in [5.41, 5.74) is 0.803. The van der Waals surface area contributed by atoms with Gasteiger partial charge >= 0.3 is 6.18 Å². The number of alkyl halides is 3. The third kappa shape index (κ3) is 5.08. The topological polar surface area (TPSA) is 80.1 Å². The van der Waals surface area contributed by atoms with Crippen molar-refractivity contribution in [2.75, 3.05) is 13.1 Å². The van der Waals surface area contributed by atoms with E-state index in [0.29, 0.717) is 21.1 Å². The number of hydrogen-bond donors (Lipinski definition) is 1. The van der Waals surface area contributed by atoms with E-state index >= 15 is 0 Å². The molecule has 192 valence electrons. The second-order valence-electron chi connectivity index (χ2n) is 8.96. The van der Waals surface area contributed by atoms with Crippen molar-refractivity contribution < 1.29 is 22.8 Å². The van der Waals surface area contributed by atoms with Crippen LogP contribution in [0.25, 0.3) is 21.3 Å². The molecule has 0 bridgehead atoms. The van der Waals surface area contributed by atoms with Crippen LogP contribution in [0.1, 0.15) is 44.4 Å². The number of hydrogen-bond acceptors (Lipinski definition) is 5. The molecule has 0 aliphatic heterocycles. The molecule has 37 heavy (non-hydrogen) atoms. The Balaban J connectivity index is 1.33. The summed E-state index contributed by atoms with van der Waals surface area (Å²) in [5, 5.41) is 8.50. The van der Waals surface area contributed by atoms with Gasteiger partial charge in [0, 0.05) is 31.6 Å². The number of halogens is 3. The lowest BCUT2D eigenvalue weighted by Crippen LogP contribution is -2.40. The smallest absolute Gasteiger partial charge is 0.349 e. The number of thiazole rings is 1. The lowest BCUT2D eigenvalue weighted by atomic mass is 10.1. The summed E-state index contributed by atoms with van der Waals surface area (Å²) in [6.45, 7) is 2.17. The number of fused-ring (bicyclic) bond motifs is 1. The number of carbonyl (C=O) groups is 2. The van der Waals surface area contributed by atoms with Crippen LogP contribution in [-0.4, -0.2) is 50.6 Å². The van der Waals surface area contributed by atoms with Crippen molar-refractivity contribution in [1.82, 2.24) is 25.0 Å². The van der Waals surface area contributed by atoms with Gasteiger partial charge in [-0.2, -0.15) is 18.3 Å². The second-order valence-corrected chi connectivity index (χ2v) is 10.2. The van der Waals surface area contributed by atoms with Crippen molar-refractivity contribution in [1.29, 1.82) is 0 Å². The van der Waals surface area contributed by atoms with Gasteiger partial charge in [-0.15, -0.1) is 11.3 Å². The molecule has 0 atom stereocenters. The van der Waals surface area contributed by atoms with E-state index in [-0.39, 0.29) is 36.6 Å². The van der Waals surface area contributed by atoms with Gasteiger partial charge in [-0.3, -0.25) is 14.3 Å². The van der Waals surface area contributed by atoms with Gasteiger partial charge in [0.1, 0.15) is 5.69 Å². The average molecular weight is 528 g/mol. The second kappa shape index (κ2) is 9.62. The predicted molar refractivity (Wildman–Crippen MR) is 134 cm³/mol. The minimum Gasteiger partial charge on any atom is -0.349 e. The van der Waals surface area contributed by atoms with Gasteiger partial charge in [-0.25, -0.2) is 4.98 Å². The molecule has 11 heteroatoms. The van der Waals surface area contributed by atoms with Gasteiger partial charge in [0.15, 0.2) is 5.69 Å². The molecule has 2 aromatic heterocycles. The molecule has 1 aliphatic carbocycles. The van der Waals surface area contributed by atoms with E-state index in [0.717, 1.165) is 35.9 Å². The van der Waals surface area contributed by atoms with E-state index in [1.165, 1.54) is 17.4 Å². The zero-order valence-corrected chi connectivity index (χ0v) is 21.0. The molecule has 1 saturated carbocycles. The minimum absolute atomic E-state index is 0.0106. The number of nitrogens with one attached hydrogen (secondary N) is 1. The Labute approximate surface area is 214 Å². The van der Waals surface area contributed by atoms with E-state index in [9.17, 15) is 22.8 Å². The first-order valence-corrected chi connectivity index (χ1v) is 12.6. The number of rotatable bonds is 7. The molecule has 1 aliphatic rings. The fraction of sp³-hybridized carbons (Fsp3) is 0.308. The SMILES string of the molecule is Cc1nc(C(=O)N(CCNC(=O)c2nn(C)c3ccccc23)C2CC2)c(-c2cccc(C(F)(F)F)c2)s1. The molecule has 2 aromatic carbocycles. The van der Waals surface area contributed by atoms with Crippen molar-refractivity contribution in [2.24, 2.45) is 7.05 Å². The molecular formula is C26H24F3N5O2S. The Kier molecular flexibility index (Phi) is 6.49. The molecule has 5 rings (SSSR count). The highest BCUT2D eigenvalue weighted by atomic mass is 32.1. The van der Waals surface area contributed by atoms with Crippen molar-refractivity contribution >= 4 is 34.1 Å². The van der Waals surface area contributed by atoms with E-state index in [4.69, 9.17) is 0 Å². The molecule has 2 heterocycles. The summed E-state index contributed by atoms with van der Waals surface area (Å²) in [4.78, 5) is 32.8. The first-order valence-electron chi connectivity index (χ1n) is 11.8. The van der Waals surface area contributed by atoms with Gasteiger partial charge < -0.3 is 10.2 Å². The molecule has 2 amide bonds. The zero-order chi connectivity index (χ0) is 26.3. The Bertz CT molecular complexity index is 1490. The fourth-order valence-electron chi connectivity index (χ4n) is 4.33. The molecular weight excluding hydrogens is 503 g/mol. The first-order chi connectivity index (χ1) is 17.6. The maximum Gasteiger partial charge on any atom is 0.416 e. The molecule has 1 fully saturated rings. The maximum absolute atomic E-state index is 13.6. The number of aromatic nitrogens is 3. The zero-order valence-electron chi connectivity index (χ0n) is 20.2. The molecule has 0 radical (unpaired) electrons. The van der Waals surface area contributed by atoms with Crippen molar-refractivity contribution in [3.63, 3.8) is 0 Å². The summed E-state index contributed by atoms with van der Waals surface area (Å²) in [6.07, 6.45) is -2.84. The Morgan fingerprint density at radius 1 is 1.14 bits per heavy atom. The molecule has 0 saturated heterocycles. The molecule has 0 unspecified atom stereocenters. The maximum atomic E-state index is 13.6. The quantitative estimate of drug-likeness (QED) is 0.365. The van der Waals surface area contributed by atoms with Gasteiger partial charge in [-0.05, 0) is 43.5 Å². The van der Waals surface area contributed by atoms with E-state index < -0.39 is 11.7 Å². The van der Waals surface area contributed by atoms with Crippen LogP contribution in [0.15, 0.2) is 48.5 Å². The van der Waals surface area contributed by atoms with Crippen LogP contribution in [0.5, 0.6) is 0 Å². The number of carbonyl (C=O) groups excluding carboxylic acids is 2. The summed E-state index contributed by atoms with van der Waals surface area (Å²) in [7, 11) is 1.77. The largest absolute Gasteiger partial charge is 0.416 e. The Hall–Kier alpha value is -3.73. The number of para-hydroxylation sites is 1. The van der Waals surface area contributed by atoms with Gasteiger partial charge in [0.05, 0.1) is 21.0 Å². The van der Waals surface area contributed by atoms with Gasteiger partial charge in [-0.1, -0.05) is 30.3 Å². The van der Waals surface area contributed by atoms with Crippen LogP contribution in [0, 0.1) is 6.92 Å². The Morgan fingerprint density at radius 3 is 2.62 bits per heavy atom. The number of aryl methyl sites for hydroxylation is 2. The number of nitrogens with zero attached hydrogens (tertiary/aromatic N) is 4. The third-order valence-corrected chi connectivity index (χ3v) is 7.27. The summed E-state index contributed by atoms with van der Waals surface area (Å²) in [6, 6.07) is 12.4. The molecule has 1 N–H and O–H groups in total. The van der Waals surface area contributed by atoms with Crippen LogP contribution >= 0.6 is 11.3 Å². The van der Waals surface area contributed by atoms with Crippen LogP contribution in [0.2, 0.25) is 0 Å². The van der Waals surface area contributed by atoms with Crippen molar-refractivity contribution in [3.05, 3.63) is 70.5 Å². The van der Waals surface area contributed by atoms with Crippen LogP contribution < -0.4 is 5.32 Å². The van der Waals surface area contributed by atoms with Crippen LogP contribution in [0.3, 0.4) is 0 Å². The number of benzene rings is 2.